The van der Waals surface area contributed by atoms with Crippen LogP contribution in [0.3, 0.4) is 0 Å². The van der Waals surface area contributed by atoms with E-state index in [4.69, 9.17) is 9.47 Å². The highest BCUT2D eigenvalue weighted by Crippen LogP contribution is 2.40. The number of ether oxygens (including phenoxy) is 2. The maximum absolute atomic E-state index is 6.58. The Morgan fingerprint density at radius 1 is 0.641 bits per heavy atom. The molecule has 0 bridgehead atoms. The highest BCUT2D eigenvalue weighted by Gasteiger charge is 2.27. The van der Waals surface area contributed by atoms with Crippen LogP contribution in [0.5, 0.6) is 11.5 Å². The predicted octanol–water partition coefficient (Wildman–Crippen LogP) is 11.4. The minimum absolute atomic E-state index is 0.229. The maximum Gasteiger partial charge on any atom is 0.123 e. The third-order valence-corrected chi connectivity index (χ3v) is 10.8. The molecule has 39 heavy (non-hydrogen) atoms. The van der Waals surface area contributed by atoms with Gasteiger partial charge in [0.2, 0.25) is 0 Å². The molecule has 0 spiro atoms. The zero-order valence-electron chi connectivity index (χ0n) is 26.6. The molecule has 0 aliphatic heterocycles. The van der Waals surface area contributed by atoms with Crippen LogP contribution in [0.15, 0.2) is 36.4 Å². The van der Waals surface area contributed by atoms with Crippen molar-refractivity contribution in [1.82, 2.24) is 0 Å². The molecule has 0 aromatic heterocycles. The fourth-order valence-electron chi connectivity index (χ4n) is 6.51. The lowest BCUT2D eigenvalue weighted by atomic mass is 9.78. The zero-order valence-corrected chi connectivity index (χ0v) is 26.6. The zero-order chi connectivity index (χ0) is 28.5. The van der Waals surface area contributed by atoms with Gasteiger partial charge in [-0.1, -0.05) is 86.4 Å². The second kappa shape index (κ2) is 14.6. The number of hydrogen-bond donors (Lipinski definition) is 0. The molecule has 1 aliphatic carbocycles. The van der Waals surface area contributed by atoms with Crippen molar-refractivity contribution in [3.63, 3.8) is 0 Å². The highest BCUT2D eigenvalue weighted by molar-refractivity contribution is 5.71. The summed E-state index contributed by atoms with van der Waals surface area (Å²) in [4.78, 5) is 0. The summed E-state index contributed by atoms with van der Waals surface area (Å²) in [6, 6.07) is 13.9. The van der Waals surface area contributed by atoms with Gasteiger partial charge in [0.1, 0.15) is 11.5 Å². The summed E-state index contributed by atoms with van der Waals surface area (Å²) in [6.07, 6.45) is 13.2. The van der Waals surface area contributed by atoms with Gasteiger partial charge in [0.15, 0.2) is 0 Å². The van der Waals surface area contributed by atoms with E-state index in [0.717, 1.165) is 75.6 Å². The van der Waals surface area contributed by atoms with Crippen molar-refractivity contribution >= 4 is 0 Å². The monoisotopic (exact) mass is 534 g/mol. The molecular formula is C37H58O2. The SMILES string of the molecule is CCc1cc(C2CCC(C)CC2)ccc1-c1cc(OCC(CC)(CC)CC)cc(OCC(CC)(CC)CC)c1. The molecule has 0 amide bonds. The number of rotatable bonds is 15. The fourth-order valence-corrected chi connectivity index (χ4v) is 6.51. The topological polar surface area (TPSA) is 18.5 Å². The molecule has 0 radical (unpaired) electrons. The first-order valence-electron chi connectivity index (χ1n) is 16.3. The van der Waals surface area contributed by atoms with Gasteiger partial charge in [0.05, 0.1) is 13.2 Å². The lowest BCUT2D eigenvalue weighted by molar-refractivity contribution is 0.122. The van der Waals surface area contributed by atoms with Crippen LogP contribution in [-0.4, -0.2) is 13.2 Å². The lowest BCUT2D eigenvalue weighted by Crippen LogP contribution is -2.27. The summed E-state index contributed by atoms with van der Waals surface area (Å²) in [6.45, 7) is 20.0. The van der Waals surface area contributed by atoms with Gasteiger partial charge in [0, 0.05) is 16.9 Å². The van der Waals surface area contributed by atoms with E-state index in [1.807, 2.05) is 0 Å². The lowest BCUT2D eigenvalue weighted by Gasteiger charge is -2.31. The van der Waals surface area contributed by atoms with Gasteiger partial charge in [-0.3, -0.25) is 0 Å². The van der Waals surface area contributed by atoms with Gasteiger partial charge in [-0.15, -0.1) is 0 Å². The second-order valence-electron chi connectivity index (χ2n) is 12.6. The van der Waals surface area contributed by atoms with Crippen LogP contribution in [-0.2, 0) is 6.42 Å². The van der Waals surface area contributed by atoms with Crippen molar-refractivity contribution < 1.29 is 9.47 Å². The average Bonchev–Trinajstić information content (AvgIpc) is 2.99. The molecule has 0 N–H and O–H groups in total. The highest BCUT2D eigenvalue weighted by atomic mass is 16.5. The van der Waals surface area contributed by atoms with Crippen molar-refractivity contribution in [3.8, 4) is 22.6 Å². The van der Waals surface area contributed by atoms with E-state index in [-0.39, 0.29) is 10.8 Å². The number of aryl methyl sites for hydroxylation is 1. The normalized spacial score (nSPS) is 18.3. The molecule has 2 aromatic carbocycles. The van der Waals surface area contributed by atoms with Gasteiger partial charge in [-0.05, 0) is 104 Å². The van der Waals surface area contributed by atoms with Crippen LogP contribution < -0.4 is 9.47 Å². The molecule has 1 saturated carbocycles. The summed E-state index contributed by atoms with van der Waals surface area (Å²) >= 11 is 0. The molecule has 3 rings (SSSR count). The Bertz CT molecular complexity index is 947. The Kier molecular flexibility index (Phi) is 11.8. The van der Waals surface area contributed by atoms with E-state index < -0.39 is 0 Å². The summed E-state index contributed by atoms with van der Waals surface area (Å²) in [5.41, 5.74) is 5.96. The quantitative estimate of drug-likeness (QED) is 0.226. The number of benzene rings is 2. The molecular weight excluding hydrogens is 476 g/mol. The van der Waals surface area contributed by atoms with Crippen LogP contribution in [0, 0.1) is 16.7 Å². The van der Waals surface area contributed by atoms with E-state index >= 15 is 0 Å². The summed E-state index contributed by atoms with van der Waals surface area (Å²) in [7, 11) is 0. The van der Waals surface area contributed by atoms with Crippen LogP contribution in [0.4, 0.5) is 0 Å². The molecule has 0 heterocycles. The Morgan fingerprint density at radius 2 is 1.13 bits per heavy atom. The van der Waals surface area contributed by atoms with Crippen LogP contribution in [0.2, 0.25) is 0 Å². The van der Waals surface area contributed by atoms with Gasteiger partial charge >= 0.3 is 0 Å². The van der Waals surface area contributed by atoms with Crippen LogP contribution in [0.25, 0.3) is 11.1 Å². The summed E-state index contributed by atoms with van der Waals surface area (Å²) in [5, 5.41) is 0. The van der Waals surface area contributed by atoms with E-state index in [9.17, 15) is 0 Å². The van der Waals surface area contributed by atoms with Crippen molar-refractivity contribution in [1.29, 1.82) is 0 Å². The first kappa shape index (κ1) is 31.6. The van der Waals surface area contributed by atoms with Crippen molar-refractivity contribution in [3.05, 3.63) is 47.5 Å². The first-order chi connectivity index (χ1) is 18.8. The van der Waals surface area contributed by atoms with Crippen molar-refractivity contribution in [2.24, 2.45) is 16.7 Å². The number of hydrogen-bond acceptors (Lipinski definition) is 2. The molecule has 218 valence electrons. The minimum Gasteiger partial charge on any atom is -0.493 e. The van der Waals surface area contributed by atoms with E-state index in [2.05, 4.69) is 91.8 Å². The standard InChI is InChI=1S/C37H58O2/c1-9-29-22-31(30-18-16-28(8)17-19-30)20-21-35(29)32-23-33(38-26-36(10-2,11-3)12-4)25-34(24-32)39-27-37(13-5,14-6)15-7/h20-25,28,30H,9-19,26-27H2,1-8H3. The largest absolute Gasteiger partial charge is 0.493 e. The van der Waals surface area contributed by atoms with E-state index in [1.54, 1.807) is 0 Å². The average molecular weight is 535 g/mol. The van der Waals surface area contributed by atoms with Gasteiger partial charge in [-0.2, -0.15) is 0 Å². The molecule has 0 saturated heterocycles. The predicted molar refractivity (Wildman–Crippen MR) is 169 cm³/mol. The fraction of sp³-hybridized carbons (Fsp3) is 0.676. The molecule has 1 fully saturated rings. The molecule has 0 atom stereocenters. The molecule has 1 aliphatic rings. The first-order valence-corrected chi connectivity index (χ1v) is 16.3. The molecule has 2 aromatic rings. The van der Waals surface area contributed by atoms with Gasteiger partial charge in [0.25, 0.3) is 0 Å². The van der Waals surface area contributed by atoms with Crippen LogP contribution in [0.1, 0.15) is 137 Å². The summed E-state index contributed by atoms with van der Waals surface area (Å²) < 4.78 is 13.2. The van der Waals surface area contributed by atoms with Crippen molar-refractivity contribution in [2.75, 3.05) is 13.2 Å². The molecule has 2 heteroatoms. The van der Waals surface area contributed by atoms with Gasteiger partial charge < -0.3 is 9.47 Å². The third kappa shape index (κ3) is 7.83. The Labute approximate surface area is 241 Å². The maximum atomic E-state index is 6.58. The minimum atomic E-state index is 0.229. The molecule has 0 unspecified atom stereocenters. The molecule has 2 nitrogen and oxygen atoms in total. The van der Waals surface area contributed by atoms with Gasteiger partial charge in [-0.25, -0.2) is 0 Å². The van der Waals surface area contributed by atoms with Crippen LogP contribution >= 0.6 is 0 Å². The summed E-state index contributed by atoms with van der Waals surface area (Å²) in [5.74, 6) is 3.46. The third-order valence-electron chi connectivity index (χ3n) is 10.8. The smallest absolute Gasteiger partial charge is 0.123 e. The Hall–Kier alpha value is -1.96. The Balaban J connectivity index is 1.96. The van der Waals surface area contributed by atoms with E-state index in [1.165, 1.54) is 47.9 Å². The second-order valence-corrected chi connectivity index (χ2v) is 12.6. The van der Waals surface area contributed by atoms with Crippen molar-refractivity contribution in [2.45, 2.75) is 132 Å². The Morgan fingerprint density at radius 3 is 1.56 bits per heavy atom. The van der Waals surface area contributed by atoms with E-state index in [0.29, 0.717) is 5.92 Å².